The zero-order chi connectivity index (χ0) is 16.7. The highest BCUT2D eigenvalue weighted by Gasteiger charge is 2.19. The lowest BCUT2D eigenvalue weighted by molar-refractivity contribution is 0.213. The Labute approximate surface area is 135 Å². The topological polar surface area (TPSA) is 94.3 Å². The molecule has 1 aromatic carbocycles. The summed E-state index contributed by atoms with van der Waals surface area (Å²) in [6.07, 6.45) is 3.40. The van der Waals surface area contributed by atoms with E-state index < -0.39 is 11.9 Å². The summed E-state index contributed by atoms with van der Waals surface area (Å²) in [5, 5.41) is 18.9. The number of aromatic nitrogens is 5. The molecular weight excluding hydrogens is 311 g/mol. The Hall–Kier alpha value is -3.26. The molecule has 24 heavy (non-hydrogen) atoms. The second-order valence-electron chi connectivity index (χ2n) is 5.27. The van der Waals surface area contributed by atoms with Crippen LogP contribution in [0.5, 0.6) is 0 Å². The molecule has 3 heterocycles. The molecular formula is C16H13FN6O. The number of halogens is 1. The van der Waals surface area contributed by atoms with Crippen LogP contribution in [-0.2, 0) is 0 Å². The van der Waals surface area contributed by atoms with E-state index in [9.17, 15) is 9.50 Å². The lowest BCUT2D eigenvalue weighted by Crippen LogP contribution is -2.07. The Bertz CT molecular complexity index is 1020. The zero-order valence-corrected chi connectivity index (χ0v) is 12.4. The van der Waals surface area contributed by atoms with Gasteiger partial charge >= 0.3 is 0 Å². The van der Waals surface area contributed by atoms with Crippen molar-refractivity contribution >= 4 is 11.3 Å². The minimum atomic E-state index is -0.984. The fourth-order valence-corrected chi connectivity index (χ4v) is 2.60. The van der Waals surface area contributed by atoms with Crippen LogP contribution in [0.25, 0.3) is 11.2 Å². The van der Waals surface area contributed by atoms with Gasteiger partial charge in [0.1, 0.15) is 29.5 Å². The molecule has 0 aliphatic heterocycles. The fraction of sp³-hybridized carbons (Fsp3) is 0.0625. The number of hydrogen-bond donors (Lipinski definition) is 2. The highest BCUT2D eigenvalue weighted by molar-refractivity contribution is 5.65. The van der Waals surface area contributed by atoms with Crippen molar-refractivity contribution in [2.45, 2.75) is 6.10 Å². The van der Waals surface area contributed by atoms with Crippen LogP contribution in [0.1, 0.15) is 17.4 Å². The van der Waals surface area contributed by atoms with E-state index >= 15 is 0 Å². The van der Waals surface area contributed by atoms with Crippen LogP contribution >= 0.6 is 0 Å². The molecule has 7 nitrogen and oxygen atoms in total. The third kappa shape index (κ3) is 2.20. The number of benzene rings is 1. The summed E-state index contributed by atoms with van der Waals surface area (Å²) in [5.41, 5.74) is 7.74. The number of hydrogen-bond acceptors (Lipinski definition) is 5. The van der Waals surface area contributed by atoms with Crippen molar-refractivity contribution in [1.82, 2.24) is 24.4 Å². The molecule has 120 valence electrons. The SMILES string of the molecule is Nc1ncnn2c(C(O)c3cnn(-c4ccccc4F)c3)ccc12. The number of aliphatic hydroxyl groups excluding tert-OH is 1. The largest absolute Gasteiger partial charge is 0.382 e. The van der Waals surface area contributed by atoms with Crippen molar-refractivity contribution in [3.05, 3.63) is 72.2 Å². The molecule has 0 amide bonds. The van der Waals surface area contributed by atoms with Gasteiger partial charge in [-0.2, -0.15) is 10.2 Å². The lowest BCUT2D eigenvalue weighted by Gasteiger charge is -2.08. The molecule has 4 aromatic rings. The first kappa shape index (κ1) is 14.3. The Morgan fingerprint density at radius 2 is 1.96 bits per heavy atom. The molecule has 0 bridgehead atoms. The summed E-state index contributed by atoms with van der Waals surface area (Å²) in [4.78, 5) is 3.91. The van der Waals surface area contributed by atoms with Gasteiger partial charge in [0, 0.05) is 11.8 Å². The second-order valence-corrected chi connectivity index (χ2v) is 5.27. The van der Waals surface area contributed by atoms with Crippen LogP contribution in [0.15, 0.2) is 55.1 Å². The predicted molar refractivity (Wildman–Crippen MR) is 85.0 cm³/mol. The van der Waals surface area contributed by atoms with Crippen molar-refractivity contribution in [1.29, 1.82) is 0 Å². The van der Waals surface area contributed by atoms with Gasteiger partial charge in [0.05, 0.1) is 11.9 Å². The molecule has 0 saturated heterocycles. The number of nitrogens with zero attached hydrogens (tertiary/aromatic N) is 5. The highest BCUT2D eigenvalue weighted by atomic mass is 19.1. The van der Waals surface area contributed by atoms with E-state index in [1.54, 1.807) is 36.5 Å². The zero-order valence-electron chi connectivity index (χ0n) is 12.4. The van der Waals surface area contributed by atoms with Crippen molar-refractivity contribution in [3.8, 4) is 5.69 Å². The minimum Gasteiger partial charge on any atom is -0.382 e. The van der Waals surface area contributed by atoms with Crippen LogP contribution in [0, 0.1) is 5.82 Å². The molecule has 0 fully saturated rings. The van der Waals surface area contributed by atoms with Gasteiger partial charge in [-0.15, -0.1) is 0 Å². The Morgan fingerprint density at radius 1 is 1.12 bits per heavy atom. The van der Waals surface area contributed by atoms with Crippen molar-refractivity contribution in [3.63, 3.8) is 0 Å². The number of nitrogen functional groups attached to an aromatic ring is 1. The maximum absolute atomic E-state index is 13.9. The quantitative estimate of drug-likeness (QED) is 0.598. The fourth-order valence-electron chi connectivity index (χ4n) is 2.60. The number of nitrogens with two attached hydrogens (primary N) is 1. The van der Waals surface area contributed by atoms with Gasteiger partial charge in [-0.05, 0) is 24.3 Å². The Kier molecular flexibility index (Phi) is 3.24. The molecule has 3 N–H and O–H groups in total. The summed E-state index contributed by atoms with van der Waals surface area (Å²) in [6.45, 7) is 0. The van der Waals surface area contributed by atoms with Crippen molar-refractivity contribution in [2.75, 3.05) is 5.73 Å². The van der Waals surface area contributed by atoms with Crippen LogP contribution in [0.2, 0.25) is 0 Å². The van der Waals surface area contributed by atoms with E-state index in [4.69, 9.17) is 5.73 Å². The average Bonchev–Trinajstić information content (AvgIpc) is 3.22. The number of para-hydroxylation sites is 1. The maximum atomic E-state index is 13.9. The summed E-state index contributed by atoms with van der Waals surface area (Å²) in [6, 6.07) is 9.73. The number of anilines is 1. The lowest BCUT2D eigenvalue weighted by atomic mass is 10.1. The molecule has 1 atom stereocenters. The molecule has 0 aliphatic rings. The summed E-state index contributed by atoms with van der Waals surface area (Å²) in [7, 11) is 0. The van der Waals surface area contributed by atoms with Crippen LogP contribution in [0.4, 0.5) is 10.2 Å². The molecule has 1 unspecified atom stereocenters. The summed E-state index contributed by atoms with van der Waals surface area (Å²) >= 11 is 0. The molecule has 8 heteroatoms. The number of fused-ring (bicyclic) bond motifs is 1. The third-order valence-corrected chi connectivity index (χ3v) is 3.81. The van der Waals surface area contributed by atoms with Crippen molar-refractivity contribution < 1.29 is 9.50 Å². The van der Waals surface area contributed by atoms with E-state index in [-0.39, 0.29) is 0 Å². The van der Waals surface area contributed by atoms with Crippen molar-refractivity contribution in [2.24, 2.45) is 0 Å². The third-order valence-electron chi connectivity index (χ3n) is 3.81. The van der Waals surface area contributed by atoms with E-state index in [0.29, 0.717) is 28.3 Å². The highest BCUT2D eigenvalue weighted by Crippen LogP contribution is 2.25. The van der Waals surface area contributed by atoms with Gasteiger partial charge in [0.2, 0.25) is 0 Å². The normalized spacial score (nSPS) is 12.6. The standard InChI is InChI=1S/C16H13FN6O/c17-11-3-1-2-4-12(11)22-8-10(7-20-22)15(24)13-5-6-14-16(18)19-9-21-23(13)14/h1-9,15,24H,(H2,18,19,21). The molecule has 0 radical (unpaired) electrons. The summed E-state index contributed by atoms with van der Waals surface area (Å²) < 4.78 is 16.8. The maximum Gasteiger partial charge on any atom is 0.151 e. The first-order chi connectivity index (χ1) is 11.6. The van der Waals surface area contributed by atoms with Gasteiger partial charge in [-0.3, -0.25) is 0 Å². The smallest absolute Gasteiger partial charge is 0.151 e. The number of rotatable bonds is 3. The predicted octanol–water partition coefficient (Wildman–Crippen LogP) is 1.72. The molecule has 0 spiro atoms. The van der Waals surface area contributed by atoms with E-state index in [1.165, 1.54) is 27.8 Å². The molecule has 0 saturated carbocycles. The van der Waals surface area contributed by atoms with Gasteiger partial charge in [-0.25, -0.2) is 18.6 Å². The first-order valence-corrected chi connectivity index (χ1v) is 7.21. The van der Waals surface area contributed by atoms with Crippen LogP contribution in [0.3, 0.4) is 0 Å². The Morgan fingerprint density at radius 3 is 2.79 bits per heavy atom. The van der Waals surface area contributed by atoms with E-state index in [2.05, 4.69) is 15.2 Å². The Balaban J connectivity index is 1.74. The number of aliphatic hydroxyl groups is 1. The second kappa shape index (κ2) is 5.43. The van der Waals surface area contributed by atoms with Crippen LogP contribution < -0.4 is 5.73 Å². The minimum absolute atomic E-state index is 0.308. The van der Waals surface area contributed by atoms with Crippen LogP contribution in [-0.4, -0.2) is 29.5 Å². The first-order valence-electron chi connectivity index (χ1n) is 7.21. The monoisotopic (exact) mass is 324 g/mol. The van der Waals surface area contributed by atoms with Gasteiger partial charge in [0.15, 0.2) is 5.82 Å². The van der Waals surface area contributed by atoms with Gasteiger partial charge in [-0.1, -0.05) is 12.1 Å². The van der Waals surface area contributed by atoms with Gasteiger partial charge in [0.25, 0.3) is 0 Å². The molecule has 4 rings (SSSR count). The van der Waals surface area contributed by atoms with E-state index in [1.807, 2.05) is 0 Å². The average molecular weight is 324 g/mol. The molecule has 0 aliphatic carbocycles. The van der Waals surface area contributed by atoms with E-state index in [0.717, 1.165) is 0 Å². The molecule has 3 aromatic heterocycles. The summed E-state index contributed by atoms with van der Waals surface area (Å²) in [5.74, 6) is -0.0687. The van der Waals surface area contributed by atoms with Gasteiger partial charge < -0.3 is 10.8 Å².